The van der Waals surface area contributed by atoms with Crippen LogP contribution >= 0.6 is 11.6 Å². The van der Waals surface area contributed by atoms with Gasteiger partial charge in [0.2, 0.25) is 0 Å². The van der Waals surface area contributed by atoms with Crippen LogP contribution in [0.3, 0.4) is 0 Å². The first-order valence-corrected chi connectivity index (χ1v) is 8.74. The van der Waals surface area contributed by atoms with Crippen molar-refractivity contribution < 1.29 is 14.3 Å². The highest BCUT2D eigenvalue weighted by molar-refractivity contribution is 6.32. The number of hydrogen-bond donors (Lipinski definition) is 1. The van der Waals surface area contributed by atoms with Gasteiger partial charge in [0.1, 0.15) is 11.5 Å². The molecule has 2 rings (SSSR count). The first-order chi connectivity index (χ1) is 12.0. The Bertz CT molecular complexity index is 699. The fourth-order valence-electron chi connectivity index (χ4n) is 2.41. The first kappa shape index (κ1) is 19.1. The first-order valence-electron chi connectivity index (χ1n) is 8.37. The lowest BCUT2D eigenvalue weighted by atomic mass is 10.1. The van der Waals surface area contributed by atoms with E-state index in [1.54, 1.807) is 25.3 Å². The summed E-state index contributed by atoms with van der Waals surface area (Å²) in [6, 6.07) is 13.1. The van der Waals surface area contributed by atoms with E-state index in [1.165, 1.54) is 5.56 Å². The molecule has 0 aliphatic heterocycles. The smallest absolute Gasteiger partial charge is 0.251 e. The monoisotopic (exact) mass is 361 g/mol. The molecule has 0 heterocycles. The van der Waals surface area contributed by atoms with Crippen LogP contribution in [0.5, 0.6) is 11.5 Å². The van der Waals surface area contributed by atoms with Gasteiger partial charge in [-0.1, -0.05) is 23.7 Å². The van der Waals surface area contributed by atoms with Crippen LogP contribution < -0.4 is 14.8 Å². The Kier molecular flexibility index (Phi) is 7.14. The van der Waals surface area contributed by atoms with E-state index in [1.807, 2.05) is 26.0 Å². The molecule has 0 unspecified atom stereocenters. The number of aryl methyl sites for hydroxylation is 1. The second kappa shape index (κ2) is 9.33. The van der Waals surface area contributed by atoms with E-state index in [0.717, 1.165) is 18.6 Å². The van der Waals surface area contributed by atoms with Crippen LogP contribution in [0, 0.1) is 0 Å². The maximum absolute atomic E-state index is 12.1. The molecule has 5 heteroatoms. The van der Waals surface area contributed by atoms with Crippen molar-refractivity contribution in [2.75, 3.05) is 13.7 Å². The summed E-state index contributed by atoms with van der Waals surface area (Å²) in [5.41, 5.74) is 1.75. The van der Waals surface area contributed by atoms with E-state index in [4.69, 9.17) is 21.1 Å². The highest BCUT2D eigenvalue weighted by Gasteiger charge is 2.08. The molecule has 0 fully saturated rings. The van der Waals surface area contributed by atoms with Crippen molar-refractivity contribution in [1.82, 2.24) is 5.32 Å². The highest BCUT2D eigenvalue weighted by Crippen LogP contribution is 2.24. The molecule has 134 valence electrons. The van der Waals surface area contributed by atoms with Gasteiger partial charge in [0.25, 0.3) is 5.91 Å². The largest absolute Gasteiger partial charge is 0.495 e. The number of benzene rings is 2. The van der Waals surface area contributed by atoms with Crippen molar-refractivity contribution >= 4 is 17.5 Å². The van der Waals surface area contributed by atoms with Crippen molar-refractivity contribution in [3.05, 3.63) is 58.6 Å². The molecule has 0 spiro atoms. The highest BCUT2D eigenvalue weighted by atomic mass is 35.5. The number of hydrogen-bond acceptors (Lipinski definition) is 3. The Morgan fingerprint density at radius 2 is 1.88 bits per heavy atom. The van der Waals surface area contributed by atoms with Crippen LogP contribution in [0.25, 0.3) is 0 Å². The molecule has 0 aliphatic carbocycles. The minimum absolute atomic E-state index is 0.134. The Morgan fingerprint density at radius 3 is 2.48 bits per heavy atom. The second-order valence-corrected chi connectivity index (χ2v) is 6.43. The Balaban J connectivity index is 1.77. The molecule has 2 aromatic rings. The minimum atomic E-state index is -0.134. The summed E-state index contributed by atoms with van der Waals surface area (Å²) in [5, 5.41) is 3.34. The summed E-state index contributed by atoms with van der Waals surface area (Å²) in [6.45, 7) is 4.62. The molecule has 1 amide bonds. The molecular weight excluding hydrogens is 338 g/mol. The molecule has 0 atom stereocenters. The standard InChI is InChI=1S/C20H24ClNO3/c1-14(2)25-17-9-6-15(7-10-17)5-4-12-22-20(23)16-8-11-19(24-3)18(21)13-16/h6-11,13-14H,4-5,12H2,1-3H3,(H,22,23). The van der Waals surface area contributed by atoms with E-state index in [-0.39, 0.29) is 12.0 Å². The zero-order valence-corrected chi connectivity index (χ0v) is 15.6. The molecule has 0 radical (unpaired) electrons. The van der Waals surface area contributed by atoms with E-state index >= 15 is 0 Å². The van der Waals surface area contributed by atoms with Crippen molar-refractivity contribution in [2.24, 2.45) is 0 Å². The SMILES string of the molecule is COc1ccc(C(=O)NCCCc2ccc(OC(C)C)cc2)cc1Cl. The number of rotatable bonds is 8. The van der Waals surface area contributed by atoms with Crippen LogP contribution in [0.4, 0.5) is 0 Å². The molecule has 4 nitrogen and oxygen atoms in total. The maximum Gasteiger partial charge on any atom is 0.251 e. The number of carbonyl (C=O) groups is 1. The van der Waals surface area contributed by atoms with Crippen molar-refractivity contribution in [2.45, 2.75) is 32.8 Å². The molecule has 0 saturated heterocycles. The summed E-state index contributed by atoms with van der Waals surface area (Å²) < 4.78 is 10.7. The van der Waals surface area contributed by atoms with Gasteiger partial charge >= 0.3 is 0 Å². The summed E-state index contributed by atoms with van der Waals surface area (Å²) in [5.74, 6) is 1.30. The van der Waals surface area contributed by atoms with E-state index in [2.05, 4.69) is 17.4 Å². The molecule has 0 bridgehead atoms. The summed E-state index contributed by atoms with van der Waals surface area (Å²) >= 11 is 6.04. The zero-order chi connectivity index (χ0) is 18.2. The quantitative estimate of drug-likeness (QED) is 0.704. The van der Waals surface area contributed by atoms with Gasteiger partial charge < -0.3 is 14.8 Å². The summed E-state index contributed by atoms with van der Waals surface area (Å²) in [7, 11) is 1.54. The number of ether oxygens (including phenoxy) is 2. The van der Waals surface area contributed by atoms with Crippen LogP contribution in [0.15, 0.2) is 42.5 Å². The molecule has 25 heavy (non-hydrogen) atoms. The van der Waals surface area contributed by atoms with Gasteiger partial charge in [-0.15, -0.1) is 0 Å². The van der Waals surface area contributed by atoms with Crippen LogP contribution in [-0.2, 0) is 6.42 Å². The third-order valence-corrected chi connectivity index (χ3v) is 3.93. The lowest BCUT2D eigenvalue weighted by Crippen LogP contribution is -2.24. The number of halogens is 1. The fraction of sp³-hybridized carbons (Fsp3) is 0.350. The minimum Gasteiger partial charge on any atom is -0.495 e. The van der Waals surface area contributed by atoms with Gasteiger partial charge in [-0.05, 0) is 62.6 Å². The molecule has 2 aromatic carbocycles. The maximum atomic E-state index is 12.1. The Hall–Kier alpha value is -2.20. The molecule has 0 saturated carbocycles. The molecule has 0 aliphatic rings. The van der Waals surface area contributed by atoms with Gasteiger partial charge in [-0.2, -0.15) is 0 Å². The molecule has 0 aromatic heterocycles. The summed E-state index contributed by atoms with van der Waals surface area (Å²) in [6.07, 6.45) is 1.93. The lowest BCUT2D eigenvalue weighted by Gasteiger charge is -2.10. The zero-order valence-electron chi connectivity index (χ0n) is 14.8. The number of amides is 1. The van der Waals surface area contributed by atoms with Gasteiger partial charge in [-0.25, -0.2) is 0 Å². The normalized spacial score (nSPS) is 10.6. The predicted molar refractivity (Wildman–Crippen MR) is 101 cm³/mol. The van der Waals surface area contributed by atoms with Crippen LogP contribution in [0.2, 0.25) is 5.02 Å². The van der Waals surface area contributed by atoms with E-state index in [0.29, 0.717) is 22.9 Å². The predicted octanol–water partition coefficient (Wildman–Crippen LogP) is 4.50. The summed E-state index contributed by atoms with van der Waals surface area (Å²) in [4.78, 5) is 12.1. The second-order valence-electron chi connectivity index (χ2n) is 6.02. The third kappa shape index (κ3) is 5.98. The van der Waals surface area contributed by atoms with Gasteiger partial charge in [0.05, 0.1) is 18.2 Å². The van der Waals surface area contributed by atoms with Crippen LogP contribution in [0.1, 0.15) is 36.2 Å². The molecular formula is C20H24ClNO3. The third-order valence-electron chi connectivity index (χ3n) is 3.64. The Morgan fingerprint density at radius 1 is 1.16 bits per heavy atom. The number of nitrogens with one attached hydrogen (secondary N) is 1. The van der Waals surface area contributed by atoms with E-state index in [9.17, 15) is 4.79 Å². The van der Waals surface area contributed by atoms with Crippen LogP contribution in [-0.4, -0.2) is 25.7 Å². The van der Waals surface area contributed by atoms with E-state index < -0.39 is 0 Å². The van der Waals surface area contributed by atoms with Crippen molar-refractivity contribution in [1.29, 1.82) is 0 Å². The van der Waals surface area contributed by atoms with Crippen molar-refractivity contribution in [3.63, 3.8) is 0 Å². The van der Waals surface area contributed by atoms with Gasteiger partial charge in [0.15, 0.2) is 0 Å². The van der Waals surface area contributed by atoms with Gasteiger partial charge in [-0.3, -0.25) is 4.79 Å². The molecule has 1 N–H and O–H groups in total. The average molecular weight is 362 g/mol. The Labute approximate surface area is 154 Å². The fourth-order valence-corrected chi connectivity index (χ4v) is 2.67. The number of carbonyl (C=O) groups excluding carboxylic acids is 1. The average Bonchev–Trinajstić information content (AvgIpc) is 2.59. The number of methoxy groups -OCH3 is 1. The lowest BCUT2D eigenvalue weighted by molar-refractivity contribution is 0.0953. The van der Waals surface area contributed by atoms with Gasteiger partial charge in [0, 0.05) is 12.1 Å². The topological polar surface area (TPSA) is 47.6 Å². The van der Waals surface area contributed by atoms with Crippen molar-refractivity contribution in [3.8, 4) is 11.5 Å².